The monoisotopic (exact) mass is 340 g/mol. The summed E-state index contributed by atoms with van der Waals surface area (Å²) in [5.41, 5.74) is 5.13. The first kappa shape index (κ1) is 17.7. The van der Waals surface area contributed by atoms with Crippen molar-refractivity contribution >= 4 is 5.91 Å². The second-order valence-electron chi connectivity index (χ2n) is 6.94. The Kier molecular flexibility index (Phi) is 5.28. The number of hydrogen-bond acceptors (Lipinski definition) is 2. The average molecular weight is 340 g/mol. The molecule has 1 amide bonds. The zero-order chi connectivity index (χ0) is 18.0. The summed E-state index contributed by atoms with van der Waals surface area (Å²) >= 11 is 0. The topological polar surface area (TPSA) is 34.5 Å². The highest BCUT2D eigenvalue weighted by atomic mass is 16.5. The second kappa shape index (κ2) is 7.44. The van der Waals surface area contributed by atoms with Crippen LogP contribution in [0.2, 0.25) is 0 Å². The van der Waals surface area contributed by atoms with E-state index in [0.717, 1.165) is 47.6 Å². The molecule has 0 spiro atoms. The molecule has 1 saturated heterocycles. The van der Waals surface area contributed by atoms with Gasteiger partial charge < -0.3 is 14.2 Å². The van der Waals surface area contributed by atoms with Crippen molar-refractivity contribution < 1.29 is 9.53 Å². The van der Waals surface area contributed by atoms with E-state index in [1.807, 2.05) is 24.8 Å². The molecular weight excluding hydrogens is 312 g/mol. The number of aryl methyl sites for hydroxylation is 3. The first-order valence-corrected chi connectivity index (χ1v) is 9.18. The molecule has 1 aromatic heterocycles. The van der Waals surface area contributed by atoms with Gasteiger partial charge in [-0.3, -0.25) is 4.79 Å². The van der Waals surface area contributed by atoms with Crippen LogP contribution < -0.4 is 0 Å². The van der Waals surface area contributed by atoms with E-state index in [0.29, 0.717) is 13.2 Å². The molecule has 0 N–H and O–H groups in total. The van der Waals surface area contributed by atoms with E-state index in [1.165, 1.54) is 0 Å². The van der Waals surface area contributed by atoms with Crippen molar-refractivity contribution in [1.29, 1.82) is 0 Å². The normalized spacial score (nSPS) is 17.8. The fourth-order valence-electron chi connectivity index (χ4n) is 3.73. The predicted octanol–water partition coefficient (Wildman–Crippen LogP) is 4.04. The van der Waals surface area contributed by atoms with E-state index in [4.69, 9.17) is 4.74 Å². The fraction of sp³-hybridized carbons (Fsp3) is 0.476. The molecule has 1 atom stereocenters. The molecule has 2 heterocycles. The molecular formula is C21H28N2O2. The minimum atomic E-state index is 0.107. The van der Waals surface area contributed by atoms with Gasteiger partial charge in [-0.2, -0.15) is 0 Å². The van der Waals surface area contributed by atoms with E-state index >= 15 is 0 Å². The number of ether oxygens (including phenoxy) is 1. The molecule has 0 bridgehead atoms. The van der Waals surface area contributed by atoms with Crippen LogP contribution >= 0.6 is 0 Å². The van der Waals surface area contributed by atoms with Crippen molar-refractivity contribution in [2.75, 3.05) is 19.7 Å². The van der Waals surface area contributed by atoms with Gasteiger partial charge in [0.2, 0.25) is 0 Å². The summed E-state index contributed by atoms with van der Waals surface area (Å²) in [5, 5.41) is 0. The zero-order valence-electron chi connectivity index (χ0n) is 15.7. The maximum Gasteiger partial charge on any atom is 0.256 e. The number of piperidine rings is 1. The molecule has 25 heavy (non-hydrogen) atoms. The Morgan fingerprint density at radius 3 is 2.56 bits per heavy atom. The van der Waals surface area contributed by atoms with E-state index < -0.39 is 0 Å². The number of aromatic nitrogens is 1. The van der Waals surface area contributed by atoms with Gasteiger partial charge in [0, 0.05) is 31.1 Å². The van der Waals surface area contributed by atoms with E-state index in [-0.39, 0.29) is 12.0 Å². The van der Waals surface area contributed by atoms with E-state index in [2.05, 4.69) is 42.7 Å². The highest BCUT2D eigenvalue weighted by Gasteiger charge is 2.27. The number of nitrogens with zero attached hydrogens (tertiary/aromatic N) is 2. The minimum absolute atomic E-state index is 0.107. The van der Waals surface area contributed by atoms with Gasteiger partial charge in [0.05, 0.1) is 17.4 Å². The summed E-state index contributed by atoms with van der Waals surface area (Å²) in [6, 6.07) is 10.3. The van der Waals surface area contributed by atoms with Crippen LogP contribution in [-0.4, -0.2) is 41.2 Å². The Balaban J connectivity index is 1.96. The Hall–Kier alpha value is -2.07. The Bertz CT molecular complexity index is 742. The van der Waals surface area contributed by atoms with Gasteiger partial charge in [-0.15, -0.1) is 0 Å². The standard InChI is InChI=1S/C21H28N2O2/c1-5-25-18-7-6-12-22(14-18)21(24)19-13-15(2)8-11-20(19)23-16(3)9-10-17(23)4/h8-11,13,18H,5-7,12,14H2,1-4H3. The molecule has 0 aliphatic carbocycles. The number of rotatable bonds is 4. The van der Waals surface area contributed by atoms with Crippen LogP contribution in [0.4, 0.5) is 0 Å². The molecule has 4 nitrogen and oxygen atoms in total. The lowest BCUT2D eigenvalue weighted by atomic mass is 10.0. The highest BCUT2D eigenvalue weighted by molar-refractivity contribution is 5.98. The predicted molar refractivity (Wildman–Crippen MR) is 101 cm³/mol. The zero-order valence-corrected chi connectivity index (χ0v) is 15.7. The average Bonchev–Trinajstić information content (AvgIpc) is 2.93. The summed E-state index contributed by atoms with van der Waals surface area (Å²) in [6.45, 7) is 10.4. The number of carbonyl (C=O) groups excluding carboxylic acids is 1. The van der Waals surface area contributed by atoms with Gasteiger partial charge in [-0.25, -0.2) is 0 Å². The van der Waals surface area contributed by atoms with Gasteiger partial charge in [0.15, 0.2) is 0 Å². The number of likely N-dealkylation sites (tertiary alicyclic amines) is 1. The molecule has 0 saturated carbocycles. The summed E-state index contributed by atoms with van der Waals surface area (Å²) in [7, 11) is 0. The van der Waals surface area contributed by atoms with Crippen LogP contribution in [-0.2, 0) is 4.74 Å². The van der Waals surface area contributed by atoms with Gasteiger partial charge in [0.25, 0.3) is 5.91 Å². The third-order valence-corrected chi connectivity index (χ3v) is 4.96. The molecule has 3 rings (SSSR count). The fourth-order valence-corrected chi connectivity index (χ4v) is 3.73. The van der Waals surface area contributed by atoms with Crippen molar-refractivity contribution in [3.05, 3.63) is 52.8 Å². The second-order valence-corrected chi connectivity index (χ2v) is 6.94. The summed E-state index contributed by atoms with van der Waals surface area (Å²) < 4.78 is 7.93. The lowest BCUT2D eigenvalue weighted by Gasteiger charge is -2.33. The molecule has 1 aliphatic rings. The van der Waals surface area contributed by atoms with Crippen molar-refractivity contribution in [3.63, 3.8) is 0 Å². The van der Waals surface area contributed by atoms with Crippen molar-refractivity contribution in [2.45, 2.75) is 46.6 Å². The maximum atomic E-state index is 13.3. The van der Waals surface area contributed by atoms with Gasteiger partial charge >= 0.3 is 0 Å². The van der Waals surface area contributed by atoms with Gasteiger partial charge in [0.1, 0.15) is 0 Å². The van der Waals surface area contributed by atoms with Crippen molar-refractivity contribution in [1.82, 2.24) is 9.47 Å². The van der Waals surface area contributed by atoms with E-state index in [1.54, 1.807) is 0 Å². The smallest absolute Gasteiger partial charge is 0.256 e. The number of hydrogen-bond donors (Lipinski definition) is 0. The first-order valence-electron chi connectivity index (χ1n) is 9.18. The lowest BCUT2D eigenvalue weighted by molar-refractivity contribution is 0.00724. The number of amides is 1. The molecule has 0 radical (unpaired) electrons. The summed E-state index contributed by atoms with van der Waals surface area (Å²) in [5.74, 6) is 0.107. The minimum Gasteiger partial charge on any atom is -0.377 e. The third-order valence-electron chi connectivity index (χ3n) is 4.96. The van der Waals surface area contributed by atoms with Crippen LogP contribution in [0.15, 0.2) is 30.3 Å². The first-order chi connectivity index (χ1) is 12.0. The molecule has 1 aromatic carbocycles. The maximum absolute atomic E-state index is 13.3. The third kappa shape index (κ3) is 3.64. The Morgan fingerprint density at radius 2 is 1.88 bits per heavy atom. The van der Waals surface area contributed by atoms with Crippen molar-refractivity contribution in [3.8, 4) is 5.69 Å². The summed E-state index contributed by atoms with van der Waals surface area (Å²) in [6.07, 6.45) is 2.19. The van der Waals surface area contributed by atoms with Crippen LogP contribution in [0.1, 0.15) is 47.1 Å². The Morgan fingerprint density at radius 1 is 1.16 bits per heavy atom. The van der Waals surface area contributed by atoms with Crippen LogP contribution in [0, 0.1) is 20.8 Å². The van der Waals surface area contributed by atoms with Crippen LogP contribution in [0.25, 0.3) is 5.69 Å². The Labute approximate surface area is 150 Å². The molecule has 2 aromatic rings. The van der Waals surface area contributed by atoms with E-state index in [9.17, 15) is 4.79 Å². The SMILES string of the molecule is CCOC1CCCN(C(=O)c2cc(C)ccc2-n2c(C)ccc2C)C1. The molecule has 4 heteroatoms. The number of carbonyl (C=O) groups is 1. The largest absolute Gasteiger partial charge is 0.377 e. The number of benzene rings is 1. The molecule has 1 aliphatic heterocycles. The van der Waals surface area contributed by atoms with Crippen molar-refractivity contribution in [2.24, 2.45) is 0 Å². The lowest BCUT2D eigenvalue weighted by Crippen LogP contribution is -2.43. The molecule has 134 valence electrons. The quantitative estimate of drug-likeness (QED) is 0.842. The molecule has 1 fully saturated rings. The highest BCUT2D eigenvalue weighted by Crippen LogP contribution is 2.24. The summed E-state index contributed by atoms with van der Waals surface area (Å²) in [4.78, 5) is 15.3. The molecule has 1 unspecified atom stereocenters. The van der Waals surface area contributed by atoms with Crippen LogP contribution in [0.5, 0.6) is 0 Å². The van der Waals surface area contributed by atoms with Crippen LogP contribution in [0.3, 0.4) is 0 Å². The van der Waals surface area contributed by atoms with Gasteiger partial charge in [-0.05, 0) is 64.8 Å². The van der Waals surface area contributed by atoms with Gasteiger partial charge in [-0.1, -0.05) is 11.6 Å².